The Labute approximate surface area is 85.5 Å². The van der Waals surface area contributed by atoms with Gasteiger partial charge in [0.25, 0.3) is 0 Å². The fourth-order valence-electron chi connectivity index (χ4n) is 1.50. The Bertz CT molecular complexity index is 383. The molecule has 0 N–H and O–H groups in total. The van der Waals surface area contributed by atoms with Crippen LogP contribution in [0.3, 0.4) is 0 Å². The Morgan fingerprint density at radius 3 is 2.93 bits per heavy atom. The molecule has 74 valence electrons. The second-order valence-corrected chi connectivity index (χ2v) is 3.49. The van der Waals surface area contributed by atoms with E-state index in [0.717, 1.165) is 12.5 Å². The van der Waals surface area contributed by atoms with Gasteiger partial charge >= 0.3 is 0 Å². The van der Waals surface area contributed by atoms with E-state index in [1.54, 1.807) is 0 Å². The van der Waals surface area contributed by atoms with Crippen LogP contribution in [0.2, 0.25) is 5.15 Å². The molecule has 1 fully saturated rings. The Hall–Kier alpha value is -1.16. The molecule has 1 amide bonds. The fraction of sp³-hybridized carbons (Fsp3) is 0.333. The molecule has 0 saturated carbocycles. The maximum absolute atomic E-state index is 13.4. The third kappa shape index (κ3) is 1.57. The summed E-state index contributed by atoms with van der Waals surface area (Å²) in [4.78, 5) is 16.5. The largest absolute Gasteiger partial charge is 0.308 e. The van der Waals surface area contributed by atoms with Gasteiger partial charge in [-0.25, -0.2) is 9.37 Å². The SMILES string of the molecule is O=C1CCCN1c1cnc(Cl)cc1F. The number of hydrogen-bond acceptors (Lipinski definition) is 2. The number of anilines is 1. The smallest absolute Gasteiger partial charge is 0.227 e. The number of aromatic nitrogens is 1. The van der Waals surface area contributed by atoms with Gasteiger partial charge in [-0.3, -0.25) is 4.79 Å². The molecule has 14 heavy (non-hydrogen) atoms. The minimum Gasteiger partial charge on any atom is -0.308 e. The molecule has 0 atom stereocenters. The van der Waals surface area contributed by atoms with Crippen LogP contribution in [0.15, 0.2) is 12.3 Å². The van der Waals surface area contributed by atoms with E-state index >= 15 is 0 Å². The third-order valence-electron chi connectivity index (χ3n) is 2.16. The van der Waals surface area contributed by atoms with Crippen molar-refractivity contribution < 1.29 is 9.18 Å². The van der Waals surface area contributed by atoms with E-state index in [9.17, 15) is 9.18 Å². The van der Waals surface area contributed by atoms with Crippen LogP contribution in [-0.2, 0) is 4.79 Å². The van der Waals surface area contributed by atoms with Crippen LogP contribution in [0.4, 0.5) is 10.1 Å². The molecule has 1 aromatic heterocycles. The number of nitrogens with zero attached hydrogens (tertiary/aromatic N) is 2. The van der Waals surface area contributed by atoms with Crippen LogP contribution in [0.5, 0.6) is 0 Å². The molecule has 0 bridgehead atoms. The lowest BCUT2D eigenvalue weighted by atomic mass is 10.3. The van der Waals surface area contributed by atoms with Gasteiger partial charge in [-0.2, -0.15) is 0 Å². The highest BCUT2D eigenvalue weighted by Gasteiger charge is 2.24. The summed E-state index contributed by atoms with van der Waals surface area (Å²) >= 11 is 5.51. The molecule has 1 aliphatic rings. The van der Waals surface area contributed by atoms with E-state index in [1.165, 1.54) is 11.1 Å². The molecule has 0 unspecified atom stereocenters. The number of carbonyl (C=O) groups excluding carboxylic acids is 1. The van der Waals surface area contributed by atoms with Gasteiger partial charge in [-0.15, -0.1) is 0 Å². The zero-order valence-electron chi connectivity index (χ0n) is 7.33. The van der Waals surface area contributed by atoms with Gasteiger partial charge in [0.2, 0.25) is 5.91 Å². The monoisotopic (exact) mass is 214 g/mol. The fourth-order valence-corrected chi connectivity index (χ4v) is 1.65. The Morgan fingerprint density at radius 2 is 2.36 bits per heavy atom. The molecule has 1 aliphatic heterocycles. The standard InChI is InChI=1S/C9H8ClFN2O/c10-8-4-6(11)7(5-12-8)13-3-1-2-9(13)14/h4-5H,1-3H2. The van der Waals surface area contributed by atoms with Crippen LogP contribution in [-0.4, -0.2) is 17.4 Å². The molecule has 5 heteroatoms. The summed E-state index contributed by atoms with van der Waals surface area (Å²) in [5.41, 5.74) is 0.219. The molecular weight excluding hydrogens is 207 g/mol. The zero-order valence-corrected chi connectivity index (χ0v) is 8.09. The number of hydrogen-bond donors (Lipinski definition) is 0. The first-order valence-electron chi connectivity index (χ1n) is 4.30. The second kappa shape index (κ2) is 3.53. The molecule has 0 aromatic carbocycles. The number of amides is 1. The van der Waals surface area contributed by atoms with Gasteiger partial charge in [0.15, 0.2) is 5.82 Å². The van der Waals surface area contributed by atoms with E-state index in [4.69, 9.17) is 11.6 Å². The van der Waals surface area contributed by atoms with Crippen molar-refractivity contribution in [2.24, 2.45) is 0 Å². The molecule has 1 saturated heterocycles. The van der Waals surface area contributed by atoms with Crippen molar-refractivity contribution in [1.29, 1.82) is 0 Å². The van der Waals surface area contributed by atoms with Gasteiger partial charge in [-0.05, 0) is 6.42 Å². The molecule has 0 spiro atoms. The number of halogens is 2. The lowest BCUT2D eigenvalue weighted by molar-refractivity contribution is -0.117. The van der Waals surface area contributed by atoms with Gasteiger partial charge in [0.05, 0.1) is 11.9 Å². The summed E-state index contributed by atoms with van der Waals surface area (Å²) in [6, 6.07) is 1.11. The summed E-state index contributed by atoms with van der Waals surface area (Å²) in [5.74, 6) is -0.562. The summed E-state index contributed by atoms with van der Waals surface area (Å²) in [6.07, 6.45) is 2.53. The van der Waals surface area contributed by atoms with E-state index in [1.807, 2.05) is 0 Å². The van der Waals surface area contributed by atoms with Gasteiger partial charge in [0.1, 0.15) is 5.15 Å². The van der Waals surface area contributed by atoms with Crippen LogP contribution in [0, 0.1) is 5.82 Å². The van der Waals surface area contributed by atoms with Crippen molar-refractivity contribution in [2.45, 2.75) is 12.8 Å². The second-order valence-electron chi connectivity index (χ2n) is 3.11. The van der Waals surface area contributed by atoms with Gasteiger partial charge < -0.3 is 4.90 Å². The highest BCUT2D eigenvalue weighted by Crippen LogP contribution is 2.24. The molecule has 0 radical (unpaired) electrons. The lowest BCUT2D eigenvalue weighted by Gasteiger charge is -2.15. The minimum atomic E-state index is -0.500. The predicted molar refractivity (Wildman–Crippen MR) is 50.8 cm³/mol. The Kier molecular flexibility index (Phi) is 2.37. The van der Waals surface area contributed by atoms with Crippen molar-refractivity contribution in [1.82, 2.24) is 4.98 Å². The highest BCUT2D eigenvalue weighted by atomic mass is 35.5. The van der Waals surface area contributed by atoms with Crippen molar-refractivity contribution >= 4 is 23.2 Å². The molecule has 2 heterocycles. The summed E-state index contributed by atoms with van der Waals surface area (Å²) in [5, 5.41) is 0.0953. The third-order valence-corrected chi connectivity index (χ3v) is 2.37. The normalized spacial score (nSPS) is 16.4. The molecule has 3 nitrogen and oxygen atoms in total. The van der Waals surface area contributed by atoms with E-state index in [0.29, 0.717) is 13.0 Å². The van der Waals surface area contributed by atoms with Crippen LogP contribution >= 0.6 is 11.6 Å². The van der Waals surface area contributed by atoms with E-state index in [2.05, 4.69) is 4.98 Å². The van der Waals surface area contributed by atoms with Crippen LogP contribution in [0.25, 0.3) is 0 Å². The summed E-state index contributed by atoms with van der Waals surface area (Å²) in [6.45, 7) is 0.555. The Morgan fingerprint density at radius 1 is 1.57 bits per heavy atom. The zero-order chi connectivity index (χ0) is 10.1. The van der Waals surface area contributed by atoms with Crippen molar-refractivity contribution in [3.63, 3.8) is 0 Å². The van der Waals surface area contributed by atoms with Crippen molar-refractivity contribution in [2.75, 3.05) is 11.4 Å². The summed E-state index contributed by atoms with van der Waals surface area (Å²) < 4.78 is 13.4. The van der Waals surface area contributed by atoms with Crippen molar-refractivity contribution in [3.8, 4) is 0 Å². The first-order valence-corrected chi connectivity index (χ1v) is 4.67. The van der Waals surface area contributed by atoms with E-state index in [-0.39, 0.29) is 16.7 Å². The molecular formula is C9H8ClFN2O. The minimum absolute atomic E-state index is 0.0620. The number of carbonyl (C=O) groups is 1. The van der Waals surface area contributed by atoms with Gasteiger partial charge in [0, 0.05) is 19.0 Å². The van der Waals surface area contributed by atoms with Crippen LogP contribution in [0.1, 0.15) is 12.8 Å². The first kappa shape index (κ1) is 9.40. The average molecular weight is 215 g/mol. The summed E-state index contributed by atoms with van der Waals surface area (Å²) in [7, 11) is 0. The molecule has 0 aliphatic carbocycles. The predicted octanol–water partition coefficient (Wildman–Crippen LogP) is 2.00. The quantitative estimate of drug-likeness (QED) is 0.670. The van der Waals surface area contributed by atoms with Crippen molar-refractivity contribution in [3.05, 3.63) is 23.2 Å². The number of pyridine rings is 1. The average Bonchev–Trinajstić information content (AvgIpc) is 2.52. The Balaban J connectivity index is 2.36. The molecule has 2 rings (SSSR count). The highest BCUT2D eigenvalue weighted by molar-refractivity contribution is 6.29. The van der Waals surface area contributed by atoms with Gasteiger partial charge in [-0.1, -0.05) is 11.6 Å². The van der Waals surface area contributed by atoms with E-state index < -0.39 is 5.82 Å². The van der Waals surface area contributed by atoms with Crippen LogP contribution < -0.4 is 4.90 Å². The maximum atomic E-state index is 13.4. The first-order chi connectivity index (χ1) is 6.68. The topological polar surface area (TPSA) is 33.2 Å². The lowest BCUT2D eigenvalue weighted by Crippen LogP contribution is -2.24. The maximum Gasteiger partial charge on any atom is 0.227 e. The molecule has 1 aromatic rings. The number of rotatable bonds is 1.